The van der Waals surface area contributed by atoms with E-state index in [1.165, 1.54) is 6.07 Å². The minimum absolute atomic E-state index is 0.170. The first kappa shape index (κ1) is 20.8. The molecular weight excluding hydrogens is 413 g/mol. The number of rotatable bonds is 0. The fourth-order valence-corrected chi connectivity index (χ4v) is 5.14. The number of fused-ring (bicyclic) bond motifs is 5. The molecule has 2 atom stereocenters. The second kappa shape index (κ2) is 7.21. The molecule has 2 unspecified atom stereocenters. The van der Waals surface area contributed by atoms with Crippen molar-refractivity contribution in [2.75, 3.05) is 0 Å². The number of aliphatic hydroxyl groups excluding tert-OH is 1. The van der Waals surface area contributed by atoms with E-state index in [4.69, 9.17) is 15.5 Å². The van der Waals surface area contributed by atoms with E-state index < -0.39 is 12.1 Å². The maximum absolute atomic E-state index is 14.6. The minimum Gasteiger partial charge on any atom is -0.458 e. The van der Waals surface area contributed by atoms with Crippen LogP contribution in [0, 0.1) is 12.7 Å². The van der Waals surface area contributed by atoms with Crippen LogP contribution >= 0.6 is 0 Å². The second-order valence-corrected chi connectivity index (χ2v) is 8.22. The molecule has 0 bridgehead atoms. The number of nitrogens with zero attached hydrogens (tertiary/aromatic N) is 2. The van der Waals surface area contributed by atoms with Crippen LogP contribution in [0.3, 0.4) is 0 Å². The largest absolute Gasteiger partial charge is 0.458 e. The molecule has 3 aromatic rings. The van der Waals surface area contributed by atoms with Crippen LogP contribution in [-0.2, 0) is 29.1 Å². The van der Waals surface area contributed by atoms with E-state index in [1.807, 2.05) is 13.8 Å². The Bertz CT molecular complexity index is 1380. The lowest BCUT2D eigenvalue weighted by Crippen LogP contribution is -2.32. The third-order valence-electron chi connectivity index (χ3n) is 6.69. The Morgan fingerprint density at radius 3 is 2.72 bits per heavy atom. The number of carbonyl (C=O) groups excluding carboxylic acids is 1. The molecule has 2 aliphatic heterocycles. The van der Waals surface area contributed by atoms with E-state index in [0.29, 0.717) is 41.9 Å². The van der Waals surface area contributed by atoms with E-state index in [1.54, 1.807) is 17.6 Å². The Labute approximate surface area is 183 Å². The molecule has 0 fully saturated rings. The number of carbonyl (C=O) groups is 1. The molecule has 0 saturated carbocycles. The van der Waals surface area contributed by atoms with Gasteiger partial charge in [-0.05, 0) is 42.5 Å². The molecule has 1 aromatic carbocycles. The number of benzene rings is 1. The van der Waals surface area contributed by atoms with Gasteiger partial charge >= 0.3 is 5.97 Å². The number of pyridine rings is 2. The first-order valence-electron chi connectivity index (χ1n) is 10.9. The van der Waals surface area contributed by atoms with Gasteiger partial charge in [-0.2, -0.15) is 0 Å². The lowest BCUT2D eigenvalue weighted by Gasteiger charge is -2.26. The second-order valence-electron chi connectivity index (χ2n) is 8.22. The van der Waals surface area contributed by atoms with Crippen LogP contribution in [0.5, 0.6) is 0 Å². The average molecular weight is 437 g/mol. The van der Waals surface area contributed by atoms with Gasteiger partial charge in [0.25, 0.3) is 5.56 Å². The first-order chi connectivity index (χ1) is 15.4. The van der Waals surface area contributed by atoms with Gasteiger partial charge in [0.2, 0.25) is 0 Å². The molecule has 0 saturated heterocycles. The van der Waals surface area contributed by atoms with E-state index in [9.17, 15) is 19.1 Å². The predicted molar refractivity (Wildman–Crippen MR) is 117 cm³/mol. The summed E-state index contributed by atoms with van der Waals surface area (Å²) in [5.74, 6) is -1.10. The van der Waals surface area contributed by atoms with Crippen LogP contribution in [-0.4, -0.2) is 20.6 Å². The smallest absolute Gasteiger partial charge is 0.340 e. The average Bonchev–Trinajstić information content (AvgIpc) is 3.16. The lowest BCUT2D eigenvalue weighted by atomic mass is 9.82. The predicted octanol–water partition coefficient (Wildman–Crippen LogP) is 2.94. The molecule has 7 nitrogen and oxygen atoms in total. The van der Waals surface area contributed by atoms with Crippen molar-refractivity contribution in [1.82, 2.24) is 9.55 Å². The fraction of sp³-hybridized carbons (Fsp3) is 0.375. The van der Waals surface area contributed by atoms with Crippen LogP contribution < -0.4 is 11.3 Å². The highest BCUT2D eigenvalue weighted by Gasteiger charge is 2.36. The fourth-order valence-electron chi connectivity index (χ4n) is 5.14. The quantitative estimate of drug-likeness (QED) is 0.410. The number of cyclic esters (lactones) is 1. The van der Waals surface area contributed by atoms with Crippen LogP contribution in [0.2, 0.25) is 0 Å². The van der Waals surface area contributed by atoms with Crippen molar-refractivity contribution in [3.8, 4) is 11.4 Å². The molecule has 8 heteroatoms. The van der Waals surface area contributed by atoms with E-state index in [0.717, 1.165) is 22.1 Å². The minimum atomic E-state index is -1.51. The van der Waals surface area contributed by atoms with E-state index in [2.05, 4.69) is 0 Å². The molecule has 0 radical (unpaired) electrons. The number of aryl methyl sites for hydroxylation is 1. The SMILES string of the molecule is CC.Cc1c(F)cc2nc3c(c4c2c1CCC4N)Cn1c-3cc2c(c1=O)COC(=O)C2O. The van der Waals surface area contributed by atoms with Gasteiger partial charge < -0.3 is 20.1 Å². The maximum atomic E-state index is 14.6. The Kier molecular flexibility index (Phi) is 4.69. The molecule has 0 spiro atoms. The van der Waals surface area contributed by atoms with Crippen molar-refractivity contribution in [2.45, 2.75) is 58.9 Å². The van der Waals surface area contributed by atoms with Crippen LogP contribution in [0.1, 0.15) is 65.8 Å². The molecule has 3 N–H and O–H groups in total. The van der Waals surface area contributed by atoms with Crippen molar-refractivity contribution < 1.29 is 19.0 Å². The molecule has 1 aliphatic carbocycles. The Balaban J connectivity index is 0.00000105. The van der Waals surface area contributed by atoms with Crippen molar-refractivity contribution in [3.63, 3.8) is 0 Å². The third kappa shape index (κ3) is 2.63. The highest BCUT2D eigenvalue weighted by molar-refractivity contribution is 5.93. The van der Waals surface area contributed by atoms with Gasteiger partial charge in [-0.15, -0.1) is 0 Å². The summed E-state index contributed by atoms with van der Waals surface area (Å²) in [7, 11) is 0. The number of hydrogen-bond acceptors (Lipinski definition) is 6. The van der Waals surface area contributed by atoms with Crippen molar-refractivity contribution in [2.24, 2.45) is 5.73 Å². The van der Waals surface area contributed by atoms with Gasteiger partial charge in [-0.1, -0.05) is 13.8 Å². The third-order valence-corrected chi connectivity index (χ3v) is 6.69. The number of nitrogens with two attached hydrogens (primary N) is 1. The molecule has 6 rings (SSSR count). The van der Waals surface area contributed by atoms with Gasteiger partial charge in [0.1, 0.15) is 12.4 Å². The highest BCUT2D eigenvalue weighted by Crippen LogP contribution is 2.44. The van der Waals surface area contributed by atoms with Gasteiger partial charge in [-0.25, -0.2) is 14.2 Å². The van der Waals surface area contributed by atoms with Crippen LogP contribution in [0.4, 0.5) is 4.39 Å². The number of esters is 1. The lowest BCUT2D eigenvalue weighted by molar-refractivity contribution is -0.157. The van der Waals surface area contributed by atoms with Crippen LogP contribution in [0.25, 0.3) is 22.3 Å². The Hall–Kier alpha value is -3.10. The zero-order valence-electron chi connectivity index (χ0n) is 18.2. The molecule has 0 amide bonds. The summed E-state index contributed by atoms with van der Waals surface area (Å²) >= 11 is 0. The summed E-state index contributed by atoms with van der Waals surface area (Å²) in [6.45, 7) is 5.89. The normalized spacial score (nSPS) is 20.1. The van der Waals surface area contributed by atoms with Gasteiger partial charge in [0, 0.05) is 28.6 Å². The zero-order chi connectivity index (χ0) is 22.9. The van der Waals surface area contributed by atoms with Crippen molar-refractivity contribution >= 4 is 16.9 Å². The maximum Gasteiger partial charge on any atom is 0.340 e. The Morgan fingerprint density at radius 2 is 1.97 bits per heavy atom. The summed E-state index contributed by atoms with van der Waals surface area (Å²) < 4.78 is 21.1. The van der Waals surface area contributed by atoms with E-state index in [-0.39, 0.29) is 35.2 Å². The van der Waals surface area contributed by atoms with Crippen molar-refractivity contribution in [1.29, 1.82) is 0 Å². The first-order valence-corrected chi connectivity index (χ1v) is 10.9. The number of hydrogen-bond donors (Lipinski definition) is 2. The van der Waals surface area contributed by atoms with Crippen molar-refractivity contribution in [3.05, 3.63) is 61.7 Å². The van der Waals surface area contributed by atoms with Crippen LogP contribution in [0.15, 0.2) is 16.9 Å². The Morgan fingerprint density at radius 1 is 1.22 bits per heavy atom. The molecule has 166 valence electrons. The molecule has 32 heavy (non-hydrogen) atoms. The number of ether oxygens (including phenoxy) is 1. The molecular formula is C24H24FN3O4. The zero-order valence-corrected chi connectivity index (χ0v) is 18.2. The number of aliphatic hydroxyl groups is 1. The highest BCUT2D eigenvalue weighted by atomic mass is 19.1. The van der Waals surface area contributed by atoms with Gasteiger partial charge in [0.15, 0.2) is 6.10 Å². The number of aromatic nitrogens is 2. The van der Waals surface area contributed by atoms with Gasteiger partial charge in [0.05, 0.1) is 29.0 Å². The molecule has 3 aliphatic rings. The summed E-state index contributed by atoms with van der Waals surface area (Å²) in [6.07, 6.45) is -0.142. The number of halogens is 1. The molecule has 2 aromatic heterocycles. The summed E-state index contributed by atoms with van der Waals surface area (Å²) in [5.41, 5.74) is 11.5. The standard InChI is InChI=1S/C22H18FN3O4.C2H6/c1-8-9-2-3-14(24)17-11-6-26-16(19(11)25-15(18(9)17)5-13(8)23)4-10-12(21(26)28)7-30-22(29)20(10)27;1-2/h4-5,14,20,27H,2-3,6-7,24H2,1H3;1-2H3. The topological polar surface area (TPSA) is 107 Å². The summed E-state index contributed by atoms with van der Waals surface area (Å²) in [4.78, 5) is 29.6. The molecule has 4 heterocycles. The summed E-state index contributed by atoms with van der Waals surface area (Å²) in [5, 5.41) is 11.1. The van der Waals surface area contributed by atoms with Gasteiger partial charge in [-0.3, -0.25) is 4.79 Å². The van der Waals surface area contributed by atoms with E-state index >= 15 is 0 Å². The monoisotopic (exact) mass is 437 g/mol. The summed E-state index contributed by atoms with van der Waals surface area (Å²) in [6, 6.07) is 2.80.